The number of carbonyl (C=O) groups excluding carboxylic acids is 1. The summed E-state index contributed by atoms with van der Waals surface area (Å²) < 4.78 is 43.2. The van der Waals surface area contributed by atoms with Gasteiger partial charge < -0.3 is 19.5 Å². The summed E-state index contributed by atoms with van der Waals surface area (Å²) in [5, 5.41) is 2.87. The average Bonchev–Trinajstić information content (AvgIpc) is 2.91. The Bertz CT molecular complexity index is 1300. The van der Waals surface area contributed by atoms with Gasteiger partial charge in [-0.2, -0.15) is 0 Å². The number of carbonyl (C=O) groups is 1. The van der Waals surface area contributed by atoms with Gasteiger partial charge in [-0.1, -0.05) is 72.8 Å². The second-order valence-corrected chi connectivity index (χ2v) is 12.2. The summed E-state index contributed by atoms with van der Waals surface area (Å²) in [5.41, 5.74) is 1.13. The normalized spacial score (nSPS) is 13.5. The van der Waals surface area contributed by atoms with Crippen molar-refractivity contribution in [3.05, 3.63) is 102 Å². The van der Waals surface area contributed by atoms with Crippen LogP contribution in [0, 0.1) is 0 Å². The van der Waals surface area contributed by atoms with Crippen LogP contribution in [0.25, 0.3) is 6.08 Å². The van der Waals surface area contributed by atoms with E-state index in [1.807, 2.05) is 66.7 Å². The fourth-order valence-corrected chi connectivity index (χ4v) is 5.17. The third-order valence-electron chi connectivity index (χ3n) is 5.78. The van der Waals surface area contributed by atoms with Gasteiger partial charge >= 0.3 is 6.09 Å². The SMILES string of the molecule is COc1ccc(CO[C@@H](C=Cc2ccccc2)C(CCS(=O)(=O)c2ccccc2)NC(=O)OC(C)(C)C)cc1. The molecule has 39 heavy (non-hydrogen) atoms. The lowest BCUT2D eigenvalue weighted by Gasteiger charge is -2.28. The van der Waals surface area contributed by atoms with Crippen LogP contribution in [0.2, 0.25) is 0 Å². The first-order valence-corrected chi connectivity index (χ1v) is 14.5. The number of hydrogen-bond acceptors (Lipinski definition) is 6. The zero-order chi connectivity index (χ0) is 28.3. The lowest BCUT2D eigenvalue weighted by atomic mass is 10.1. The van der Waals surface area contributed by atoms with Gasteiger partial charge in [-0.05, 0) is 62.6 Å². The summed E-state index contributed by atoms with van der Waals surface area (Å²) in [6.45, 7) is 5.56. The number of ether oxygens (including phenoxy) is 3. The molecule has 3 aromatic carbocycles. The van der Waals surface area contributed by atoms with Crippen molar-refractivity contribution in [2.24, 2.45) is 0 Å². The number of alkyl carbamates (subject to hydrolysis) is 1. The molecule has 0 saturated carbocycles. The number of hydrogen-bond donors (Lipinski definition) is 1. The van der Waals surface area contributed by atoms with Gasteiger partial charge in [-0.25, -0.2) is 13.2 Å². The van der Waals surface area contributed by atoms with Crippen LogP contribution in [0.5, 0.6) is 5.75 Å². The van der Waals surface area contributed by atoms with E-state index in [0.29, 0.717) is 0 Å². The van der Waals surface area contributed by atoms with Crippen molar-refractivity contribution >= 4 is 22.0 Å². The first kappa shape index (κ1) is 29.9. The molecule has 7 nitrogen and oxygen atoms in total. The lowest BCUT2D eigenvalue weighted by Crippen LogP contribution is -2.46. The van der Waals surface area contributed by atoms with E-state index in [1.165, 1.54) is 0 Å². The number of rotatable bonds is 12. The van der Waals surface area contributed by atoms with E-state index in [1.54, 1.807) is 58.2 Å². The minimum absolute atomic E-state index is 0.114. The van der Waals surface area contributed by atoms with Crippen molar-refractivity contribution in [2.45, 2.75) is 56.4 Å². The maximum absolute atomic E-state index is 13.1. The van der Waals surface area contributed by atoms with Crippen molar-refractivity contribution in [3.8, 4) is 5.75 Å². The van der Waals surface area contributed by atoms with Gasteiger partial charge in [0.25, 0.3) is 0 Å². The number of methoxy groups -OCH3 is 1. The minimum atomic E-state index is -3.59. The van der Waals surface area contributed by atoms with Crippen LogP contribution in [0.4, 0.5) is 4.79 Å². The summed E-state index contributed by atoms with van der Waals surface area (Å²) >= 11 is 0. The molecule has 0 aromatic heterocycles. The molecule has 0 aliphatic carbocycles. The number of benzene rings is 3. The fraction of sp³-hybridized carbons (Fsp3) is 0.323. The Morgan fingerprint density at radius 3 is 2.13 bits per heavy atom. The summed E-state index contributed by atoms with van der Waals surface area (Å²) in [6.07, 6.45) is 2.56. The van der Waals surface area contributed by atoms with E-state index in [9.17, 15) is 13.2 Å². The minimum Gasteiger partial charge on any atom is -0.497 e. The molecule has 0 aliphatic heterocycles. The van der Waals surface area contributed by atoms with Crippen molar-refractivity contribution < 1.29 is 27.4 Å². The van der Waals surface area contributed by atoms with E-state index in [4.69, 9.17) is 14.2 Å². The van der Waals surface area contributed by atoms with E-state index >= 15 is 0 Å². The number of nitrogens with one attached hydrogen (secondary N) is 1. The van der Waals surface area contributed by atoms with Crippen molar-refractivity contribution in [1.29, 1.82) is 0 Å². The molecule has 1 unspecified atom stereocenters. The molecule has 8 heteroatoms. The molecular formula is C31H37NO6S. The zero-order valence-corrected chi connectivity index (χ0v) is 23.7. The molecule has 1 amide bonds. The molecule has 0 aliphatic rings. The molecule has 0 fully saturated rings. The van der Waals surface area contributed by atoms with Gasteiger partial charge in [-0.15, -0.1) is 0 Å². The Morgan fingerprint density at radius 1 is 0.923 bits per heavy atom. The van der Waals surface area contributed by atoms with Crippen molar-refractivity contribution in [2.75, 3.05) is 12.9 Å². The predicted molar refractivity (Wildman–Crippen MR) is 153 cm³/mol. The van der Waals surface area contributed by atoms with Crippen LogP contribution >= 0.6 is 0 Å². The van der Waals surface area contributed by atoms with Gasteiger partial charge in [0.1, 0.15) is 11.4 Å². The van der Waals surface area contributed by atoms with Crippen LogP contribution in [0.1, 0.15) is 38.3 Å². The summed E-state index contributed by atoms with van der Waals surface area (Å²) in [7, 11) is -1.98. The summed E-state index contributed by atoms with van der Waals surface area (Å²) in [6, 6.07) is 24.8. The third-order valence-corrected chi connectivity index (χ3v) is 7.54. The Kier molecular flexibility index (Phi) is 10.7. The molecule has 1 N–H and O–H groups in total. The maximum Gasteiger partial charge on any atom is 0.407 e. The van der Waals surface area contributed by atoms with E-state index < -0.39 is 33.7 Å². The topological polar surface area (TPSA) is 90.9 Å². The summed E-state index contributed by atoms with van der Waals surface area (Å²) in [5.74, 6) is 0.550. The quantitative estimate of drug-likeness (QED) is 0.295. The van der Waals surface area contributed by atoms with Crippen LogP contribution in [-0.4, -0.2) is 45.1 Å². The van der Waals surface area contributed by atoms with E-state index in [2.05, 4.69) is 5.32 Å². The molecule has 208 valence electrons. The Morgan fingerprint density at radius 2 is 1.54 bits per heavy atom. The van der Waals surface area contributed by atoms with Crippen LogP contribution in [-0.2, 0) is 25.9 Å². The van der Waals surface area contributed by atoms with Crippen LogP contribution < -0.4 is 10.1 Å². The molecule has 0 saturated heterocycles. The van der Waals surface area contributed by atoms with Gasteiger partial charge in [0, 0.05) is 0 Å². The van der Waals surface area contributed by atoms with Crippen LogP contribution in [0.15, 0.2) is 95.9 Å². The molecule has 0 bridgehead atoms. The highest BCUT2D eigenvalue weighted by atomic mass is 32.2. The first-order chi connectivity index (χ1) is 18.6. The zero-order valence-electron chi connectivity index (χ0n) is 22.9. The maximum atomic E-state index is 13.1. The Balaban J connectivity index is 1.88. The second kappa shape index (κ2) is 14.0. The average molecular weight is 552 g/mol. The monoisotopic (exact) mass is 551 g/mol. The molecule has 0 spiro atoms. The largest absolute Gasteiger partial charge is 0.497 e. The van der Waals surface area contributed by atoms with Crippen molar-refractivity contribution in [3.63, 3.8) is 0 Å². The van der Waals surface area contributed by atoms with Gasteiger partial charge in [0.05, 0.1) is 36.5 Å². The lowest BCUT2D eigenvalue weighted by molar-refractivity contribution is 0.0261. The second-order valence-electron chi connectivity index (χ2n) is 10.1. The standard InChI is InChI=1S/C31H37NO6S/c1-31(2,3)38-30(33)32-28(21-22-39(34,35)27-13-9-6-10-14-27)29(20-17-24-11-7-5-8-12-24)37-23-25-15-18-26(36-4)19-16-25/h5-20,28-29H,21-23H2,1-4H3,(H,32,33)/t28?,29-/m0/s1. The Labute approximate surface area is 231 Å². The van der Waals surface area contributed by atoms with Crippen molar-refractivity contribution in [1.82, 2.24) is 5.32 Å². The number of sulfone groups is 1. The smallest absolute Gasteiger partial charge is 0.407 e. The fourth-order valence-electron chi connectivity index (χ4n) is 3.80. The van der Waals surface area contributed by atoms with E-state index in [0.717, 1.165) is 16.9 Å². The predicted octanol–water partition coefficient (Wildman–Crippen LogP) is 6.05. The molecule has 3 aromatic rings. The first-order valence-electron chi connectivity index (χ1n) is 12.8. The van der Waals surface area contributed by atoms with E-state index in [-0.39, 0.29) is 23.7 Å². The highest BCUT2D eigenvalue weighted by molar-refractivity contribution is 7.91. The van der Waals surface area contributed by atoms with Gasteiger partial charge in [0.2, 0.25) is 0 Å². The third kappa shape index (κ3) is 10.2. The molecular weight excluding hydrogens is 514 g/mol. The molecule has 3 rings (SSSR count). The van der Waals surface area contributed by atoms with Crippen LogP contribution in [0.3, 0.4) is 0 Å². The highest BCUT2D eigenvalue weighted by Gasteiger charge is 2.28. The molecule has 0 heterocycles. The molecule has 2 atom stereocenters. The Hall–Kier alpha value is -3.62. The van der Waals surface area contributed by atoms with Gasteiger partial charge in [0.15, 0.2) is 9.84 Å². The highest BCUT2D eigenvalue weighted by Crippen LogP contribution is 2.19. The number of amides is 1. The molecule has 0 radical (unpaired) electrons. The summed E-state index contributed by atoms with van der Waals surface area (Å²) in [4.78, 5) is 13.0. The van der Waals surface area contributed by atoms with Gasteiger partial charge in [-0.3, -0.25) is 0 Å².